The number of carbonyl (C=O) groups excluding carboxylic acids is 1. The van der Waals surface area contributed by atoms with Crippen molar-refractivity contribution in [1.82, 2.24) is 4.81 Å². The summed E-state index contributed by atoms with van der Waals surface area (Å²) in [6, 6.07) is 7.08. The van der Waals surface area contributed by atoms with Crippen molar-refractivity contribution in [3.05, 3.63) is 36.0 Å². The number of benzene rings is 1. The van der Waals surface area contributed by atoms with Crippen LogP contribution in [0.3, 0.4) is 0 Å². The van der Waals surface area contributed by atoms with Gasteiger partial charge in [0, 0.05) is 6.54 Å². The minimum absolute atomic E-state index is 0.476. The molecule has 0 atom stereocenters. The molecular weight excluding hydrogens is 216 g/mol. The highest BCUT2D eigenvalue weighted by Crippen LogP contribution is 2.23. The average molecular weight is 228 g/mol. The van der Waals surface area contributed by atoms with Crippen LogP contribution in [0.2, 0.25) is 0 Å². The van der Waals surface area contributed by atoms with E-state index in [1.165, 1.54) is 7.41 Å². The second kappa shape index (κ2) is 5.21. The van der Waals surface area contributed by atoms with Crippen molar-refractivity contribution >= 4 is 31.8 Å². The maximum absolute atomic E-state index is 10.3. The normalized spacial score (nSPS) is 14.5. The standard InChI is InChI=1S/C11H12B2NO3/c15-8-12-14-6-5-10(7-14)9-1-3-11(4-2-9)13(16)17/h1-4,7-8,16-17H,5-6H2. The Bertz CT molecular complexity index is 431. The number of nitrogens with zero attached hydrogens (tertiary/aromatic N) is 1. The minimum atomic E-state index is -1.43. The Labute approximate surface area is 101 Å². The molecule has 0 unspecified atom stereocenters. The summed E-state index contributed by atoms with van der Waals surface area (Å²) in [6.07, 6.45) is 3.58. The van der Waals surface area contributed by atoms with Crippen molar-refractivity contribution in [2.45, 2.75) is 6.42 Å². The van der Waals surface area contributed by atoms with Crippen molar-refractivity contribution in [3.8, 4) is 0 Å². The van der Waals surface area contributed by atoms with E-state index in [1.807, 2.05) is 23.1 Å². The van der Waals surface area contributed by atoms with E-state index < -0.39 is 7.12 Å². The molecule has 2 N–H and O–H groups in total. The highest BCUT2D eigenvalue weighted by molar-refractivity contribution is 6.64. The Morgan fingerprint density at radius 1 is 1.29 bits per heavy atom. The first-order valence-electron chi connectivity index (χ1n) is 5.42. The maximum atomic E-state index is 10.3. The fourth-order valence-electron chi connectivity index (χ4n) is 1.86. The Kier molecular flexibility index (Phi) is 3.66. The van der Waals surface area contributed by atoms with Gasteiger partial charge in [-0.2, -0.15) is 0 Å². The van der Waals surface area contributed by atoms with E-state index in [0.29, 0.717) is 5.46 Å². The molecule has 0 amide bonds. The molecule has 2 rings (SSSR count). The predicted octanol–water partition coefficient (Wildman–Crippen LogP) is -0.778. The molecule has 85 valence electrons. The molecule has 1 heterocycles. The Balaban J connectivity index is 2.13. The fourth-order valence-corrected chi connectivity index (χ4v) is 1.86. The smallest absolute Gasteiger partial charge is 0.423 e. The van der Waals surface area contributed by atoms with E-state index in [9.17, 15) is 4.79 Å². The van der Waals surface area contributed by atoms with Crippen molar-refractivity contribution < 1.29 is 14.8 Å². The summed E-state index contributed by atoms with van der Waals surface area (Å²) >= 11 is 0. The molecule has 1 aromatic rings. The zero-order chi connectivity index (χ0) is 12.3. The molecule has 1 radical (unpaired) electrons. The van der Waals surface area contributed by atoms with Gasteiger partial charge in [-0.1, -0.05) is 24.3 Å². The second-order valence-corrected chi connectivity index (χ2v) is 3.92. The van der Waals surface area contributed by atoms with Gasteiger partial charge < -0.3 is 19.7 Å². The molecule has 0 spiro atoms. The van der Waals surface area contributed by atoms with Gasteiger partial charge in [-0.15, -0.1) is 0 Å². The molecule has 1 aliphatic heterocycles. The van der Waals surface area contributed by atoms with Gasteiger partial charge in [-0.05, 0) is 29.2 Å². The lowest BCUT2D eigenvalue weighted by molar-refractivity contribution is 0.426. The van der Waals surface area contributed by atoms with Crippen LogP contribution in [-0.2, 0) is 4.79 Å². The van der Waals surface area contributed by atoms with Crippen LogP contribution < -0.4 is 5.46 Å². The summed E-state index contributed by atoms with van der Waals surface area (Å²) in [5.74, 6) is 0. The van der Waals surface area contributed by atoms with E-state index >= 15 is 0 Å². The predicted molar refractivity (Wildman–Crippen MR) is 68.1 cm³/mol. The summed E-state index contributed by atoms with van der Waals surface area (Å²) in [7, 11) is 0.0697. The summed E-state index contributed by atoms with van der Waals surface area (Å²) in [4.78, 5) is 12.2. The summed E-state index contributed by atoms with van der Waals surface area (Å²) in [5, 5.41) is 18.0. The van der Waals surface area contributed by atoms with Gasteiger partial charge in [0.2, 0.25) is 0 Å². The Morgan fingerprint density at radius 3 is 2.59 bits per heavy atom. The van der Waals surface area contributed by atoms with Crippen LogP contribution in [-0.4, -0.2) is 42.1 Å². The molecule has 1 aliphatic rings. The van der Waals surface area contributed by atoms with Gasteiger partial charge in [-0.3, -0.25) is 0 Å². The van der Waals surface area contributed by atoms with Gasteiger partial charge in [0.1, 0.15) is 6.19 Å². The zero-order valence-corrected chi connectivity index (χ0v) is 9.28. The minimum Gasteiger partial charge on any atom is -0.423 e. The highest BCUT2D eigenvalue weighted by atomic mass is 16.4. The van der Waals surface area contributed by atoms with Gasteiger partial charge in [0.25, 0.3) is 0 Å². The molecule has 0 aliphatic carbocycles. The molecule has 6 heteroatoms. The van der Waals surface area contributed by atoms with E-state index in [4.69, 9.17) is 10.0 Å². The lowest BCUT2D eigenvalue weighted by Crippen LogP contribution is -2.29. The quantitative estimate of drug-likeness (QED) is 0.524. The molecule has 4 nitrogen and oxygen atoms in total. The largest absolute Gasteiger partial charge is 0.488 e. The van der Waals surface area contributed by atoms with E-state index in [-0.39, 0.29) is 0 Å². The van der Waals surface area contributed by atoms with Crippen molar-refractivity contribution in [1.29, 1.82) is 0 Å². The molecule has 0 fully saturated rings. The first-order chi connectivity index (χ1) is 8.20. The summed E-state index contributed by atoms with van der Waals surface area (Å²) in [6.45, 7) is 0.804. The third-order valence-electron chi connectivity index (χ3n) is 2.79. The van der Waals surface area contributed by atoms with E-state index in [1.54, 1.807) is 12.1 Å². The van der Waals surface area contributed by atoms with Crippen LogP contribution in [0.1, 0.15) is 12.0 Å². The molecule has 0 saturated heterocycles. The van der Waals surface area contributed by atoms with Crippen molar-refractivity contribution in [2.24, 2.45) is 0 Å². The van der Waals surface area contributed by atoms with Crippen molar-refractivity contribution in [3.63, 3.8) is 0 Å². The van der Waals surface area contributed by atoms with E-state index in [0.717, 1.165) is 30.3 Å². The first kappa shape index (κ1) is 12.0. The van der Waals surface area contributed by atoms with Crippen LogP contribution in [0.5, 0.6) is 0 Å². The van der Waals surface area contributed by atoms with Gasteiger partial charge in [-0.25, -0.2) is 0 Å². The molecule has 1 aromatic carbocycles. The van der Waals surface area contributed by atoms with Crippen LogP contribution in [0.25, 0.3) is 5.57 Å². The first-order valence-corrected chi connectivity index (χ1v) is 5.42. The lowest BCUT2D eigenvalue weighted by Gasteiger charge is -2.07. The zero-order valence-electron chi connectivity index (χ0n) is 9.28. The maximum Gasteiger partial charge on any atom is 0.488 e. The summed E-state index contributed by atoms with van der Waals surface area (Å²) < 4.78 is 0. The Morgan fingerprint density at radius 2 is 2.00 bits per heavy atom. The fraction of sp³-hybridized carbons (Fsp3) is 0.182. The monoisotopic (exact) mass is 228 g/mol. The molecular formula is C11H12B2NO3. The topological polar surface area (TPSA) is 60.8 Å². The van der Waals surface area contributed by atoms with Crippen LogP contribution >= 0.6 is 0 Å². The summed E-state index contributed by atoms with van der Waals surface area (Å²) in [5.41, 5.74) is 2.65. The molecule has 0 aromatic heterocycles. The van der Waals surface area contributed by atoms with Crippen molar-refractivity contribution in [2.75, 3.05) is 6.54 Å². The molecule has 0 saturated carbocycles. The average Bonchev–Trinajstić information content (AvgIpc) is 2.78. The molecule has 17 heavy (non-hydrogen) atoms. The van der Waals surface area contributed by atoms with Gasteiger partial charge in [0.15, 0.2) is 0 Å². The number of rotatable bonds is 4. The SMILES string of the molecule is O=C[B]N1C=C(c2ccc(B(O)O)cc2)CC1. The number of carbonyl (C=O) groups is 1. The molecule has 0 bridgehead atoms. The third kappa shape index (κ3) is 2.78. The van der Waals surface area contributed by atoms with Gasteiger partial charge >= 0.3 is 14.5 Å². The van der Waals surface area contributed by atoms with Crippen LogP contribution in [0, 0.1) is 0 Å². The van der Waals surface area contributed by atoms with Crippen LogP contribution in [0.15, 0.2) is 30.5 Å². The number of hydrogen-bond acceptors (Lipinski definition) is 4. The third-order valence-corrected chi connectivity index (χ3v) is 2.79. The van der Waals surface area contributed by atoms with Gasteiger partial charge in [0.05, 0.1) is 0 Å². The Hall–Kier alpha value is -1.52. The lowest BCUT2D eigenvalue weighted by atomic mass is 9.80. The number of hydrogen-bond donors (Lipinski definition) is 2. The highest BCUT2D eigenvalue weighted by Gasteiger charge is 2.15. The van der Waals surface area contributed by atoms with Crippen LogP contribution in [0.4, 0.5) is 0 Å². The van der Waals surface area contributed by atoms with E-state index in [2.05, 4.69) is 0 Å². The second-order valence-electron chi connectivity index (χ2n) is 3.92.